The van der Waals surface area contributed by atoms with Gasteiger partial charge in [-0.2, -0.15) is 5.10 Å². The van der Waals surface area contributed by atoms with E-state index < -0.39 is 18.5 Å². The molecule has 1 aromatic heterocycles. The van der Waals surface area contributed by atoms with Gasteiger partial charge in [0.05, 0.1) is 12.2 Å². The van der Waals surface area contributed by atoms with Crippen LogP contribution in [0, 0.1) is 6.92 Å². The van der Waals surface area contributed by atoms with Crippen LogP contribution in [0.3, 0.4) is 0 Å². The Kier molecular flexibility index (Phi) is 10.4. The molecule has 0 aliphatic carbocycles. The summed E-state index contributed by atoms with van der Waals surface area (Å²) in [5, 5.41) is 8.80. The van der Waals surface area contributed by atoms with Crippen LogP contribution in [0.4, 0.5) is 0 Å². The number of nitrogens with zero attached hydrogens (tertiary/aromatic N) is 2. The van der Waals surface area contributed by atoms with Crippen LogP contribution >= 0.6 is 34.8 Å². The van der Waals surface area contributed by atoms with E-state index in [0.29, 0.717) is 39.5 Å². The lowest BCUT2D eigenvalue weighted by atomic mass is 9.94. The van der Waals surface area contributed by atoms with E-state index in [1.807, 2.05) is 43.3 Å². The van der Waals surface area contributed by atoms with E-state index in [1.165, 1.54) is 6.08 Å². The van der Waals surface area contributed by atoms with E-state index in [9.17, 15) is 9.59 Å². The SMILES string of the molecule is CCCC(CNC(=O)COC(=O)C=Cc1c(C)nn(Cc2ccccc2)c1Cl)c1ccc(Cl)cc1Cl. The van der Waals surface area contributed by atoms with E-state index in [2.05, 4.69) is 17.3 Å². The van der Waals surface area contributed by atoms with Crippen LogP contribution in [0.1, 0.15) is 48.1 Å². The highest BCUT2D eigenvalue weighted by atomic mass is 35.5. The summed E-state index contributed by atoms with van der Waals surface area (Å²) in [7, 11) is 0. The highest BCUT2D eigenvalue weighted by molar-refractivity contribution is 6.35. The summed E-state index contributed by atoms with van der Waals surface area (Å²) in [5.74, 6) is -1.02. The van der Waals surface area contributed by atoms with E-state index in [-0.39, 0.29) is 5.92 Å². The zero-order chi connectivity index (χ0) is 26.1. The van der Waals surface area contributed by atoms with Crippen molar-refractivity contribution in [1.29, 1.82) is 0 Å². The molecular weight excluding hydrogens is 521 g/mol. The van der Waals surface area contributed by atoms with Crippen LogP contribution in [0.25, 0.3) is 6.08 Å². The van der Waals surface area contributed by atoms with Crippen LogP contribution in [-0.2, 0) is 20.9 Å². The molecular formula is C27H28Cl3N3O3. The zero-order valence-electron chi connectivity index (χ0n) is 20.1. The van der Waals surface area contributed by atoms with Gasteiger partial charge in [0.25, 0.3) is 5.91 Å². The van der Waals surface area contributed by atoms with Crippen molar-refractivity contribution in [2.75, 3.05) is 13.2 Å². The number of carbonyl (C=O) groups excluding carboxylic acids is 2. The van der Waals surface area contributed by atoms with Crippen molar-refractivity contribution in [3.63, 3.8) is 0 Å². The Hall–Kier alpha value is -2.80. The Morgan fingerprint density at radius 3 is 2.58 bits per heavy atom. The summed E-state index contributed by atoms with van der Waals surface area (Å²) in [6, 6.07) is 15.2. The first kappa shape index (κ1) is 27.8. The molecule has 0 aliphatic heterocycles. The molecule has 0 spiro atoms. The van der Waals surface area contributed by atoms with Crippen molar-refractivity contribution in [2.45, 2.75) is 39.2 Å². The predicted molar refractivity (Wildman–Crippen MR) is 145 cm³/mol. The molecule has 1 amide bonds. The third-order valence-electron chi connectivity index (χ3n) is 5.60. The Morgan fingerprint density at radius 2 is 1.89 bits per heavy atom. The molecule has 0 bridgehead atoms. The Morgan fingerprint density at radius 1 is 1.14 bits per heavy atom. The topological polar surface area (TPSA) is 73.2 Å². The van der Waals surface area contributed by atoms with Crippen molar-refractivity contribution < 1.29 is 14.3 Å². The van der Waals surface area contributed by atoms with Crippen molar-refractivity contribution >= 4 is 52.8 Å². The number of ether oxygens (including phenoxy) is 1. The predicted octanol–water partition coefficient (Wildman–Crippen LogP) is 6.46. The first-order valence-corrected chi connectivity index (χ1v) is 12.7. The minimum absolute atomic E-state index is 0.0249. The lowest BCUT2D eigenvalue weighted by Gasteiger charge is -2.19. The number of benzene rings is 2. The minimum Gasteiger partial charge on any atom is -0.452 e. The molecule has 0 saturated carbocycles. The molecule has 6 nitrogen and oxygen atoms in total. The van der Waals surface area contributed by atoms with Gasteiger partial charge >= 0.3 is 5.97 Å². The summed E-state index contributed by atoms with van der Waals surface area (Å²) < 4.78 is 6.76. The maximum Gasteiger partial charge on any atom is 0.331 e. The van der Waals surface area contributed by atoms with Gasteiger partial charge < -0.3 is 10.1 Å². The molecule has 1 N–H and O–H groups in total. The van der Waals surface area contributed by atoms with Gasteiger partial charge in [-0.3, -0.25) is 4.79 Å². The molecule has 36 heavy (non-hydrogen) atoms. The van der Waals surface area contributed by atoms with Gasteiger partial charge in [0.2, 0.25) is 0 Å². The molecule has 3 rings (SSSR count). The maximum atomic E-state index is 12.3. The third kappa shape index (κ3) is 7.85. The number of hydrogen-bond acceptors (Lipinski definition) is 4. The number of hydrogen-bond donors (Lipinski definition) is 1. The van der Waals surface area contributed by atoms with E-state index in [4.69, 9.17) is 39.5 Å². The Balaban J connectivity index is 1.52. The fourth-order valence-electron chi connectivity index (χ4n) is 3.79. The molecule has 1 unspecified atom stereocenters. The zero-order valence-corrected chi connectivity index (χ0v) is 22.4. The van der Waals surface area contributed by atoms with Crippen LogP contribution in [0.5, 0.6) is 0 Å². The second-order valence-corrected chi connectivity index (χ2v) is 9.53. The number of rotatable bonds is 11. The van der Waals surface area contributed by atoms with Gasteiger partial charge in [0.15, 0.2) is 6.61 Å². The fourth-order valence-corrected chi connectivity index (χ4v) is 4.65. The van der Waals surface area contributed by atoms with Crippen molar-refractivity contribution in [2.24, 2.45) is 0 Å². The standard InChI is InChI=1S/C27H28Cl3N3O3/c1-3-7-20(23-11-10-21(28)14-24(23)29)15-31-25(34)17-36-26(35)13-12-22-18(2)32-33(27(22)30)16-19-8-5-4-6-9-19/h4-6,8-14,20H,3,7,15-17H2,1-2H3,(H,31,34). The molecule has 3 aromatic rings. The molecule has 190 valence electrons. The molecule has 1 atom stereocenters. The lowest BCUT2D eigenvalue weighted by Crippen LogP contribution is -2.32. The van der Waals surface area contributed by atoms with Gasteiger partial charge in [-0.15, -0.1) is 0 Å². The molecule has 2 aromatic carbocycles. The molecule has 0 radical (unpaired) electrons. The summed E-state index contributed by atoms with van der Waals surface area (Å²) in [6.07, 6.45) is 4.54. The number of nitrogens with one attached hydrogen (secondary N) is 1. The number of esters is 1. The van der Waals surface area contributed by atoms with Crippen molar-refractivity contribution in [3.05, 3.63) is 92.2 Å². The van der Waals surface area contributed by atoms with E-state index >= 15 is 0 Å². The van der Waals surface area contributed by atoms with Crippen LogP contribution in [-0.4, -0.2) is 34.8 Å². The lowest BCUT2D eigenvalue weighted by molar-refractivity contribution is -0.143. The first-order valence-electron chi connectivity index (χ1n) is 11.6. The summed E-state index contributed by atoms with van der Waals surface area (Å²) in [6.45, 7) is 4.37. The minimum atomic E-state index is -0.651. The van der Waals surface area contributed by atoms with Gasteiger partial charge in [0, 0.05) is 34.1 Å². The number of carbonyl (C=O) groups is 2. The molecule has 1 heterocycles. The molecule has 9 heteroatoms. The highest BCUT2D eigenvalue weighted by Gasteiger charge is 2.17. The van der Waals surface area contributed by atoms with Crippen molar-refractivity contribution in [3.8, 4) is 0 Å². The Labute approximate surface area is 226 Å². The maximum absolute atomic E-state index is 12.3. The monoisotopic (exact) mass is 547 g/mol. The molecule has 0 fully saturated rings. The van der Waals surface area contributed by atoms with Gasteiger partial charge in [-0.25, -0.2) is 9.48 Å². The average Bonchev–Trinajstić information content (AvgIpc) is 3.11. The summed E-state index contributed by atoms with van der Waals surface area (Å²) in [4.78, 5) is 24.5. The number of aryl methyl sites for hydroxylation is 1. The van der Waals surface area contributed by atoms with Gasteiger partial charge in [0.1, 0.15) is 5.15 Å². The first-order chi connectivity index (χ1) is 17.3. The van der Waals surface area contributed by atoms with Crippen LogP contribution in [0.2, 0.25) is 15.2 Å². The fraction of sp³-hybridized carbons (Fsp3) is 0.296. The largest absolute Gasteiger partial charge is 0.452 e. The van der Waals surface area contributed by atoms with Gasteiger partial charge in [-0.05, 0) is 42.7 Å². The smallest absolute Gasteiger partial charge is 0.331 e. The quantitative estimate of drug-likeness (QED) is 0.221. The summed E-state index contributed by atoms with van der Waals surface area (Å²) in [5.41, 5.74) is 3.28. The summed E-state index contributed by atoms with van der Waals surface area (Å²) >= 11 is 18.8. The second kappa shape index (κ2) is 13.5. The number of aromatic nitrogens is 2. The number of halogens is 3. The highest BCUT2D eigenvalue weighted by Crippen LogP contribution is 2.30. The van der Waals surface area contributed by atoms with Crippen LogP contribution in [0.15, 0.2) is 54.6 Å². The van der Waals surface area contributed by atoms with Gasteiger partial charge in [-0.1, -0.05) is 84.5 Å². The van der Waals surface area contributed by atoms with E-state index in [0.717, 1.165) is 24.0 Å². The average molecular weight is 549 g/mol. The normalized spacial score (nSPS) is 12.0. The van der Waals surface area contributed by atoms with E-state index in [1.54, 1.807) is 22.9 Å². The number of amides is 1. The Bertz CT molecular complexity index is 1230. The second-order valence-electron chi connectivity index (χ2n) is 8.33. The van der Waals surface area contributed by atoms with Crippen molar-refractivity contribution in [1.82, 2.24) is 15.1 Å². The third-order valence-corrected chi connectivity index (χ3v) is 6.56. The molecule has 0 aliphatic rings. The molecule has 0 saturated heterocycles. The van der Waals surface area contributed by atoms with Crippen LogP contribution < -0.4 is 5.32 Å².